The summed E-state index contributed by atoms with van der Waals surface area (Å²) in [5, 5.41) is 12.4. The largest absolute Gasteiger partial charge is 0.481 e. The number of fused-ring (bicyclic) bond motifs is 1. The predicted octanol–water partition coefficient (Wildman–Crippen LogP) is 0.131. The van der Waals surface area contributed by atoms with Crippen LogP contribution in [-0.4, -0.2) is 44.1 Å². The van der Waals surface area contributed by atoms with E-state index >= 15 is 0 Å². The number of hydrogen-bond acceptors (Lipinski definition) is 5. The highest BCUT2D eigenvalue weighted by molar-refractivity contribution is 5.76. The number of aliphatic carboxylic acids is 1. The molecule has 0 spiro atoms. The van der Waals surface area contributed by atoms with Crippen LogP contribution < -0.4 is 5.32 Å². The summed E-state index contributed by atoms with van der Waals surface area (Å²) >= 11 is 0. The minimum Gasteiger partial charge on any atom is -0.481 e. The Morgan fingerprint density at radius 3 is 3.11 bits per heavy atom. The Bertz CT molecular complexity index is 582. The van der Waals surface area contributed by atoms with Crippen molar-refractivity contribution in [2.75, 3.05) is 13.1 Å². The quantitative estimate of drug-likeness (QED) is 0.697. The summed E-state index contributed by atoms with van der Waals surface area (Å²) in [6, 6.07) is 0. The lowest BCUT2D eigenvalue weighted by atomic mass is 9.83. The summed E-state index contributed by atoms with van der Waals surface area (Å²) in [5.41, 5.74) is 2.09. The number of imidazole rings is 1. The average Bonchev–Trinajstić information content (AvgIpc) is 2.86. The van der Waals surface area contributed by atoms with Crippen molar-refractivity contribution in [3.8, 4) is 0 Å². The molecule has 1 fully saturated rings. The summed E-state index contributed by atoms with van der Waals surface area (Å²) in [6.07, 6.45) is 3.75. The molecule has 0 radical (unpaired) electrons. The topological polar surface area (TPSA) is 104 Å². The van der Waals surface area contributed by atoms with Gasteiger partial charge in [0.2, 0.25) is 0 Å². The number of carboxylic acids is 1. The fourth-order valence-electron chi connectivity index (χ4n) is 2.51. The first-order valence-corrected chi connectivity index (χ1v) is 5.85. The maximum atomic E-state index is 11.3. The van der Waals surface area contributed by atoms with E-state index in [0.29, 0.717) is 12.2 Å². The number of carbonyl (C=O) groups is 1. The second kappa shape index (κ2) is 4.34. The fourth-order valence-corrected chi connectivity index (χ4v) is 2.51. The number of nitrogens with zero attached hydrogens (tertiary/aromatic N) is 3. The summed E-state index contributed by atoms with van der Waals surface area (Å²) in [6.45, 7) is 1.27. The van der Waals surface area contributed by atoms with Crippen molar-refractivity contribution < 1.29 is 9.90 Å². The smallest absolute Gasteiger partial charge is 0.308 e. The van der Waals surface area contributed by atoms with Gasteiger partial charge in [-0.05, 0) is 13.0 Å². The van der Waals surface area contributed by atoms with Gasteiger partial charge in [-0.1, -0.05) is 0 Å². The number of aromatic amines is 1. The lowest BCUT2D eigenvalue weighted by Gasteiger charge is -2.28. The number of nitrogens with one attached hydrogen (secondary N) is 2. The van der Waals surface area contributed by atoms with E-state index in [2.05, 4.69) is 25.3 Å². The van der Waals surface area contributed by atoms with Crippen LogP contribution in [0.3, 0.4) is 0 Å². The first-order chi connectivity index (χ1) is 8.77. The predicted molar refractivity (Wildman–Crippen MR) is 63.0 cm³/mol. The van der Waals surface area contributed by atoms with Crippen molar-refractivity contribution in [2.45, 2.75) is 12.3 Å². The minimum absolute atomic E-state index is 0.102. The van der Waals surface area contributed by atoms with Crippen LogP contribution in [0, 0.1) is 5.92 Å². The molecule has 1 saturated heterocycles. The lowest BCUT2D eigenvalue weighted by Crippen LogP contribution is -2.40. The van der Waals surface area contributed by atoms with Crippen molar-refractivity contribution in [3.63, 3.8) is 0 Å². The molecule has 0 aromatic carbocycles. The maximum absolute atomic E-state index is 11.3. The van der Waals surface area contributed by atoms with Gasteiger partial charge in [0.1, 0.15) is 11.8 Å². The molecular weight excluding hydrogens is 234 g/mol. The molecule has 3 rings (SSSR count). The Balaban J connectivity index is 2.06. The van der Waals surface area contributed by atoms with Gasteiger partial charge >= 0.3 is 5.97 Å². The summed E-state index contributed by atoms with van der Waals surface area (Å²) < 4.78 is 0. The van der Waals surface area contributed by atoms with Crippen LogP contribution in [0.15, 0.2) is 12.7 Å². The van der Waals surface area contributed by atoms with Crippen molar-refractivity contribution >= 4 is 17.1 Å². The normalized spacial score (nSPS) is 24.2. The van der Waals surface area contributed by atoms with Gasteiger partial charge in [-0.25, -0.2) is 15.0 Å². The summed E-state index contributed by atoms with van der Waals surface area (Å²) in [4.78, 5) is 26.7. The zero-order valence-corrected chi connectivity index (χ0v) is 9.63. The molecule has 1 aliphatic rings. The third-order valence-electron chi connectivity index (χ3n) is 3.40. The Morgan fingerprint density at radius 1 is 1.39 bits per heavy atom. The third kappa shape index (κ3) is 1.72. The molecule has 0 amide bonds. The van der Waals surface area contributed by atoms with E-state index < -0.39 is 11.9 Å². The Hall–Kier alpha value is -2.02. The van der Waals surface area contributed by atoms with Crippen LogP contribution in [0.25, 0.3) is 11.2 Å². The summed E-state index contributed by atoms with van der Waals surface area (Å²) in [7, 11) is 0. The number of piperidine rings is 1. The van der Waals surface area contributed by atoms with E-state index in [1.165, 1.54) is 6.33 Å². The van der Waals surface area contributed by atoms with E-state index in [9.17, 15) is 9.90 Å². The van der Waals surface area contributed by atoms with E-state index in [0.717, 1.165) is 24.2 Å². The van der Waals surface area contributed by atoms with Gasteiger partial charge in [0, 0.05) is 12.5 Å². The molecule has 0 aliphatic carbocycles. The van der Waals surface area contributed by atoms with Gasteiger partial charge in [0.25, 0.3) is 0 Å². The molecule has 3 N–H and O–H groups in total. The Labute approximate surface area is 103 Å². The van der Waals surface area contributed by atoms with Crippen LogP contribution in [0.5, 0.6) is 0 Å². The Morgan fingerprint density at radius 2 is 2.28 bits per heavy atom. The SMILES string of the molecule is O=C(O)C1CNCCC1c1ncnc2nc[nH]c12. The van der Waals surface area contributed by atoms with Gasteiger partial charge in [-0.15, -0.1) is 0 Å². The number of carboxylic acid groups (broad SMARTS) is 1. The molecule has 94 valence electrons. The Kier molecular flexibility index (Phi) is 2.67. The molecule has 0 saturated carbocycles. The highest BCUT2D eigenvalue weighted by Crippen LogP contribution is 2.31. The second-order valence-corrected chi connectivity index (χ2v) is 4.40. The zero-order chi connectivity index (χ0) is 12.5. The van der Waals surface area contributed by atoms with Crippen LogP contribution in [0.2, 0.25) is 0 Å². The lowest BCUT2D eigenvalue weighted by molar-refractivity contribution is -0.143. The molecule has 2 aromatic heterocycles. The third-order valence-corrected chi connectivity index (χ3v) is 3.40. The van der Waals surface area contributed by atoms with E-state index in [-0.39, 0.29) is 5.92 Å². The monoisotopic (exact) mass is 247 g/mol. The van der Waals surface area contributed by atoms with Crippen LogP contribution in [0.4, 0.5) is 0 Å². The van der Waals surface area contributed by atoms with E-state index in [1.807, 2.05) is 0 Å². The minimum atomic E-state index is -0.793. The fraction of sp³-hybridized carbons (Fsp3) is 0.455. The molecule has 2 unspecified atom stereocenters. The molecule has 18 heavy (non-hydrogen) atoms. The zero-order valence-electron chi connectivity index (χ0n) is 9.63. The van der Waals surface area contributed by atoms with Crippen molar-refractivity contribution in [3.05, 3.63) is 18.3 Å². The number of aromatic nitrogens is 4. The van der Waals surface area contributed by atoms with Crippen LogP contribution in [-0.2, 0) is 4.79 Å². The average molecular weight is 247 g/mol. The van der Waals surface area contributed by atoms with Gasteiger partial charge < -0.3 is 15.4 Å². The van der Waals surface area contributed by atoms with Gasteiger partial charge in [-0.3, -0.25) is 4.79 Å². The second-order valence-electron chi connectivity index (χ2n) is 4.40. The first kappa shape index (κ1) is 11.1. The molecule has 2 aromatic rings. The number of H-pyrrole nitrogens is 1. The molecule has 7 heteroatoms. The number of rotatable bonds is 2. The highest BCUT2D eigenvalue weighted by Gasteiger charge is 2.34. The molecule has 3 heterocycles. The van der Waals surface area contributed by atoms with Gasteiger partial charge in [-0.2, -0.15) is 0 Å². The first-order valence-electron chi connectivity index (χ1n) is 5.85. The molecular formula is C11H13N5O2. The van der Waals surface area contributed by atoms with Gasteiger partial charge in [0.15, 0.2) is 5.65 Å². The standard InChI is InChI=1S/C11H13N5O2/c17-11(18)7-3-12-2-1-6(7)8-9-10(15-4-13-8)16-5-14-9/h4-7,12H,1-3H2,(H,17,18)(H,13,14,15,16). The van der Waals surface area contributed by atoms with Crippen LogP contribution >= 0.6 is 0 Å². The maximum Gasteiger partial charge on any atom is 0.308 e. The molecule has 1 aliphatic heterocycles. The van der Waals surface area contributed by atoms with E-state index in [4.69, 9.17) is 0 Å². The number of hydrogen-bond donors (Lipinski definition) is 3. The molecule has 7 nitrogen and oxygen atoms in total. The van der Waals surface area contributed by atoms with Gasteiger partial charge in [0.05, 0.1) is 17.9 Å². The highest BCUT2D eigenvalue weighted by atomic mass is 16.4. The van der Waals surface area contributed by atoms with Crippen molar-refractivity contribution in [2.24, 2.45) is 5.92 Å². The summed E-state index contributed by atoms with van der Waals surface area (Å²) in [5.74, 6) is -1.35. The van der Waals surface area contributed by atoms with E-state index in [1.54, 1.807) is 6.33 Å². The van der Waals surface area contributed by atoms with Crippen molar-refractivity contribution in [1.29, 1.82) is 0 Å². The van der Waals surface area contributed by atoms with Crippen molar-refractivity contribution in [1.82, 2.24) is 25.3 Å². The molecule has 2 atom stereocenters. The molecule has 0 bridgehead atoms. The van der Waals surface area contributed by atoms with Crippen LogP contribution in [0.1, 0.15) is 18.0 Å².